The molecule has 46 heavy (non-hydrogen) atoms. The zero-order valence-corrected chi connectivity index (χ0v) is 39.0. The van der Waals surface area contributed by atoms with Crippen molar-refractivity contribution < 1.29 is 33.5 Å². The van der Waals surface area contributed by atoms with Crippen LogP contribution in [-0.4, -0.2) is 22.0 Å². The molecule has 0 aliphatic rings. The molecule has 0 amide bonds. The molecule has 0 heterocycles. The second-order valence-corrected chi connectivity index (χ2v) is 15.7. The van der Waals surface area contributed by atoms with Gasteiger partial charge >= 0.3 is 29.3 Å². The Morgan fingerprint density at radius 1 is 0.696 bits per heavy atom. The largest absolute Gasteiger partial charge is 0 e. The first-order chi connectivity index (χ1) is 21.9. The van der Waals surface area contributed by atoms with Gasteiger partial charge in [-0.3, -0.25) is 0 Å². The molecule has 0 aromatic rings. The number of aliphatic hydroxyl groups is 2. The van der Waals surface area contributed by atoms with Gasteiger partial charge in [0.15, 0.2) is 0 Å². The van der Waals surface area contributed by atoms with E-state index in [1.54, 1.807) is 13.0 Å². The first-order valence-corrected chi connectivity index (χ1v) is 26.9. The minimum atomic E-state index is -0.912. The van der Waals surface area contributed by atoms with Gasteiger partial charge in [-0.05, 0) is 68.6 Å². The molecule has 2 nitrogen and oxygen atoms in total. The average Bonchev–Trinajstić information content (AvgIpc) is 2.98. The zero-order valence-electron chi connectivity index (χ0n) is 33.4. The fourth-order valence-corrected chi connectivity index (χ4v) is 5.73. The summed E-state index contributed by atoms with van der Waals surface area (Å²) in [6.07, 6.45) is 29.5. The maximum atomic E-state index is 9.89. The van der Waals surface area contributed by atoms with E-state index in [1.165, 1.54) is 89.9 Å². The molecule has 0 bridgehead atoms. The third-order valence-corrected chi connectivity index (χ3v) is 9.24. The summed E-state index contributed by atoms with van der Waals surface area (Å²) in [6.45, 7) is 30.7. The molecule has 0 saturated carbocycles. The number of halogens is 2. The third kappa shape index (κ3) is 43.6. The summed E-state index contributed by atoms with van der Waals surface area (Å²) in [5.74, 6) is 7.45. The van der Waals surface area contributed by atoms with Crippen LogP contribution in [0.4, 0.5) is 0 Å². The van der Waals surface area contributed by atoms with Crippen molar-refractivity contribution in [1.82, 2.24) is 0 Å². The number of terminal acetylenes is 1. The summed E-state index contributed by atoms with van der Waals surface area (Å²) in [4.78, 5) is 0. The summed E-state index contributed by atoms with van der Waals surface area (Å²) in [5.41, 5.74) is -1.59. The zero-order chi connectivity index (χ0) is 37.3. The Balaban J connectivity index is -0.000000222. The summed E-state index contributed by atoms with van der Waals surface area (Å²) < 4.78 is 6.28. The summed E-state index contributed by atoms with van der Waals surface area (Å²) in [7, 11) is 0. The molecule has 0 radical (unpaired) electrons. The Labute approximate surface area is 324 Å². The van der Waals surface area contributed by atoms with Crippen molar-refractivity contribution in [3.05, 3.63) is 12.7 Å². The fourth-order valence-electron chi connectivity index (χ4n) is 5.73. The van der Waals surface area contributed by atoms with Gasteiger partial charge in [-0.2, -0.15) is 0 Å². The van der Waals surface area contributed by atoms with Gasteiger partial charge in [-0.15, -0.1) is 13.0 Å². The molecule has 0 spiro atoms. The van der Waals surface area contributed by atoms with Gasteiger partial charge in [0.25, 0.3) is 0 Å². The Hall–Kier alpha value is 1.54. The number of hydrogen-bond donors (Lipinski definition) is 2. The molecule has 0 aliphatic carbocycles. The Kier molecular flexibility index (Phi) is 41.0. The van der Waals surface area contributed by atoms with Crippen LogP contribution >= 0.6 is 35.8 Å². The Morgan fingerprint density at radius 3 is 1.22 bits per heavy atom. The third-order valence-electron chi connectivity index (χ3n) is 9.24. The minimum absolute atomic E-state index is 0. The van der Waals surface area contributed by atoms with Crippen molar-refractivity contribution in [1.29, 1.82) is 0.594 Å². The molecular weight excluding hydrogens is 828 g/mol. The van der Waals surface area contributed by atoms with Crippen molar-refractivity contribution in [2.75, 3.05) is 0 Å². The van der Waals surface area contributed by atoms with Crippen molar-refractivity contribution in [2.45, 2.75) is 196 Å². The Morgan fingerprint density at radius 2 is 0.957 bits per heavy atom. The van der Waals surface area contributed by atoms with E-state index in [0.717, 1.165) is 61.2 Å². The van der Waals surface area contributed by atoms with Crippen molar-refractivity contribution in [2.24, 2.45) is 35.5 Å². The number of rotatable bonds is 25. The van der Waals surface area contributed by atoms with Crippen molar-refractivity contribution >= 4 is 35.8 Å². The van der Waals surface area contributed by atoms with Crippen LogP contribution in [0.5, 0.6) is 0 Å². The quantitative estimate of drug-likeness (QED) is 0.0415. The smallest absolute Gasteiger partial charge is 0 e. The summed E-state index contributed by atoms with van der Waals surface area (Å²) >= 11 is 1.82. The molecule has 0 aromatic carbocycles. The molecule has 8 unspecified atom stereocenters. The summed E-state index contributed by atoms with van der Waals surface area (Å²) in [6, 6.07) is 0. The van der Waals surface area contributed by atoms with E-state index in [-0.39, 0.29) is 23.3 Å². The van der Waals surface area contributed by atoms with Crippen LogP contribution in [0, 0.1) is 47.9 Å². The molecule has 2 N–H and O–H groups in total. The molecule has 0 saturated heterocycles. The molecule has 0 aromatic heterocycles. The van der Waals surface area contributed by atoms with E-state index in [0.29, 0.717) is 0 Å². The van der Waals surface area contributed by atoms with E-state index in [9.17, 15) is 10.2 Å². The number of hydrogen-bond acceptors (Lipinski definition) is 2. The van der Waals surface area contributed by atoms with Gasteiger partial charge < -0.3 is 10.2 Å². The maximum absolute atomic E-state index is 9.89. The van der Waals surface area contributed by atoms with Crippen LogP contribution < -0.4 is 21.8 Å². The second kappa shape index (κ2) is 36.3. The van der Waals surface area contributed by atoms with E-state index in [1.807, 2.05) is 6.92 Å². The van der Waals surface area contributed by atoms with E-state index in [2.05, 4.69) is 104 Å². The molecular formula is C40H85I2O2P2-. The van der Waals surface area contributed by atoms with Gasteiger partial charge in [0.1, 0.15) is 5.60 Å². The molecule has 8 atom stereocenters. The van der Waals surface area contributed by atoms with Gasteiger partial charge in [0, 0.05) is 1.43 Å². The van der Waals surface area contributed by atoms with E-state index < -0.39 is 11.2 Å². The molecule has 6 heteroatoms. The topological polar surface area (TPSA) is 40.5 Å². The standard InChI is InChI=1S/C20H40O.C20H38O.H3IP.H2IP.H2/c2*1-7-20(6,21)16-10-15-19(5)14-9-13-18(4)12-8-11-17(2)3;2*1-2;/h7,17-19,21H,1,8-16H2,2-6H3;1,17-19,21H,8-16H2,2-6H3;1H,2H2;2H2;1H/q;;-1;;/i;;1D;;. The van der Waals surface area contributed by atoms with Crippen LogP contribution in [0.15, 0.2) is 12.7 Å². The first-order valence-electron chi connectivity index (χ1n) is 18.9. The SMILES string of the molecule is C#CC(C)(O)CCCC(C)CCCC(C)CCCC(C)C.C=CC(C)(O)CCCC(C)CCCC(C)CCCC(C)C.PI.[2H][I-]P.[HH]. The van der Waals surface area contributed by atoms with Crippen LogP contribution in [0.1, 0.15) is 186 Å². The molecule has 0 aliphatic heterocycles. The summed E-state index contributed by atoms with van der Waals surface area (Å²) in [5, 5.41) is 19.7. The molecule has 0 fully saturated rings. The van der Waals surface area contributed by atoms with E-state index >= 15 is 0 Å². The Bertz CT molecular complexity index is 703. The van der Waals surface area contributed by atoms with Crippen LogP contribution in [0.3, 0.4) is 0 Å². The van der Waals surface area contributed by atoms with Gasteiger partial charge in [-0.1, -0.05) is 193 Å². The van der Waals surface area contributed by atoms with Crippen LogP contribution in [-0.2, 0) is 0 Å². The first kappa shape index (κ1) is 51.9. The molecule has 0 rings (SSSR count). The van der Waals surface area contributed by atoms with E-state index in [4.69, 9.17) is 7.02 Å². The van der Waals surface area contributed by atoms with Crippen molar-refractivity contribution in [3.63, 3.8) is 0 Å². The minimum Gasteiger partial charge on any atom is 0 e. The predicted molar refractivity (Wildman–Crippen MR) is 227 cm³/mol. The fraction of sp³-hybridized carbons (Fsp3) is 0.900. The van der Waals surface area contributed by atoms with Crippen LogP contribution in [0.2, 0.25) is 0 Å². The van der Waals surface area contributed by atoms with Crippen molar-refractivity contribution in [3.8, 4) is 12.3 Å². The predicted octanol–water partition coefficient (Wildman–Crippen LogP) is 10.7. The monoisotopic (exact) mass is 914 g/mol. The van der Waals surface area contributed by atoms with Gasteiger partial charge in [-0.25, -0.2) is 0 Å². The maximum Gasteiger partial charge on any atom is 0 e. The normalized spacial score (nSPS) is 16.5. The van der Waals surface area contributed by atoms with Crippen LogP contribution in [0.25, 0.3) is 0 Å². The second-order valence-electron chi connectivity index (χ2n) is 15.7. The molecule has 282 valence electrons. The van der Waals surface area contributed by atoms with Gasteiger partial charge in [0.05, 0.1) is 5.60 Å². The van der Waals surface area contributed by atoms with Gasteiger partial charge in [0.2, 0.25) is 0 Å². The average molecular weight is 915 g/mol.